The normalized spacial score (nSPS) is 13.2. The Morgan fingerprint density at radius 3 is 2.55 bits per heavy atom. The minimum absolute atomic E-state index is 0.197. The summed E-state index contributed by atoms with van der Waals surface area (Å²) in [5, 5.41) is 22.5. The Labute approximate surface area is 117 Å². The fraction of sp³-hybridized carbons (Fsp3) is 0.455. The summed E-state index contributed by atoms with van der Waals surface area (Å²) in [5.74, 6) is 0. The van der Waals surface area contributed by atoms with Gasteiger partial charge in [-0.2, -0.15) is 4.31 Å². The molecule has 1 atom stereocenters. The van der Waals surface area contributed by atoms with E-state index in [9.17, 15) is 18.5 Å². The zero-order valence-electron chi connectivity index (χ0n) is 11.4. The number of non-ortho nitro benzene ring substituents is 1. The number of rotatable bonds is 6. The second-order valence-corrected chi connectivity index (χ2v) is 6.21. The molecule has 1 aromatic rings. The van der Waals surface area contributed by atoms with E-state index in [2.05, 4.69) is 5.32 Å². The topological polar surface area (TPSA) is 113 Å². The Hall–Kier alpha value is -1.71. The molecule has 0 amide bonds. The van der Waals surface area contributed by atoms with E-state index in [-0.39, 0.29) is 22.9 Å². The van der Waals surface area contributed by atoms with Crippen LogP contribution in [0, 0.1) is 10.1 Å². The third-order valence-corrected chi connectivity index (χ3v) is 5.00. The molecule has 2 N–H and O–H groups in total. The predicted octanol–water partition coefficient (Wildman–Crippen LogP) is 0.638. The summed E-state index contributed by atoms with van der Waals surface area (Å²) >= 11 is 0. The third-order valence-electron chi connectivity index (χ3n) is 2.99. The van der Waals surface area contributed by atoms with Gasteiger partial charge in [-0.1, -0.05) is 0 Å². The van der Waals surface area contributed by atoms with E-state index in [4.69, 9.17) is 5.11 Å². The molecule has 0 heterocycles. The van der Waals surface area contributed by atoms with E-state index in [1.165, 1.54) is 33.2 Å². The molecule has 1 aromatic carbocycles. The van der Waals surface area contributed by atoms with E-state index < -0.39 is 21.0 Å². The van der Waals surface area contributed by atoms with Gasteiger partial charge in [0.2, 0.25) is 10.0 Å². The number of nitro benzene ring substituents is 1. The first-order valence-corrected chi connectivity index (χ1v) is 7.24. The number of aliphatic hydroxyl groups excluding tert-OH is 1. The van der Waals surface area contributed by atoms with E-state index >= 15 is 0 Å². The molecule has 0 fully saturated rings. The SMILES string of the molecule is CNc1ccc([N+](=O)[O-])cc1S(=O)(=O)N(C)C(C)CO. The van der Waals surface area contributed by atoms with Crippen molar-refractivity contribution >= 4 is 21.4 Å². The number of anilines is 1. The monoisotopic (exact) mass is 303 g/mol. The second kappa shape index (κ2) is 6.16. The van der Waals surface area contributed by atoms with Gasteiger partial charge in [0.15, 0.2) is 0 Å². The molecular weight excluding hydrogens is 286 g/mol. The second-order valence-electron chi connectivity index (χ2n) is 4.24. The maximum Gasteiger partial charge on any atom is 0.270 e. The Morgan fingerprint density at radius 2 is 2.10 bits per heavy atom. The molecule has 0 saturated carbocycles. The van der Waals surface area contributed by atoms with Crippen LogP contribution in [0.5, 0.6) is 0 Å². The molecule has 112 valence electrons. The third kappa shape index (κ3) is 3.06. The fourth-order valence-corrected chi connectivity index (χ4v) is 3.12. The van der Waals surface area contributed by atoms with E-state index in [0.717, 1.165) is 10.4 Å². The van der Waals surface area contributed by atoms with Crippen molar-refractivity contribution in [3.05, 3.63) is 28.3 Å². The Kier molecular flexibility index (Phi) is 5.03. The van der Waals surface area contributed by atoms with Crippen LogP contribution in [0.2, 0.25) is 0 Å². The van der Waals surface area contributed by atoms with Gasteiger partial charge < -0.3 is 10.4 Å². The van der Waals surface area contributed by atoms with E-state index in [1.54, 1.807) is 0 Å². The number of hydrogen-bond acceptors (Lipinski definition) is 6. The molecule has 0 bridgehead atoms. The number of benzene rings is 1. The average Bonchev–Trinajstić information content (AvgIpc) is 2.44. The average molecular weight is 303 g/mol. The Morgan fingerprint density at radius 1 is 1.50 bits per heavy atom. The summed E-state index contributed by atoms with van der Waals surface area (Å²) in [7, 11) is -1.11. The quantitative estimate of drug-likeness (QED) is 0.589. The molecular formula is C11H17N3O5S. The number of nitrogens with zero attached hydrogens (tertiary/aromatic N) is 2. The summed E-state index contributed by atoms with van der Waals surface area (Å²) in [6, 6.07) is 2.92. The number of nitro groups is 1. The standard InChI is InChI=1S/C11H17N3O5S/c1-8(7-15)13(3)20(18,19)11-6-9(14(16)17)4-5-10(11)12-2/h4-6,8,12,15H,7H2,1-3H3. The Bertz CT molecular complexity index is 602. The molecule has 0 aliphatic rings. The lowest BCUT2D eigenvalue weighted by molar-refractivity contribution is -0.385. The summed E-state index contributed by atoms with van der Waals surface area (Å²) in [6.45, 7) is 1.19. The predicted molar refractivity (Wildman–Crippen MR) is 74.1 cm³/mol. The molecule has 0 aliphatic heterocycles. The number of aliphatic hydroxyl groups is 1. The van der Waals surface area contributed by atoms with Crippen LogP contribution in [0.25, 0.3) is 0 Å². The van der Waals surface area contributed by atoms with Gasteiger partial charge in [-0.15, -0.1) is 0 Å². The minimum atomic E-state index is -3.94. The lowest BCUT2D eigenvalue weighted by atomic mass is 10.3. The summed E-state index contributed by atoms with van der Waals surface area (Å²) < 4.78 is 25.9. The van der Waals surface area contributed by atoms with Gasteiger partial charge in [0.05, 0.1) is 17.2 Å². The smallest absolute Gasteiger partial charge is 0.270 e. The molecule has 9 heteroatoms. The van der Waals surface area contributed by atoms with Crippen LogP contribution >= 0.6 is 0 Å². The van der Waals surface area contributed by atoms with Crippen molar-refractivity contribution in [2.75, 3.05) is 26.0 Å². The van der Waals surface area contributed by atoms with Crippen LogP contribution in [0.15, 0.2) is 23.1 Å². The number of nitrogens with one attached hydrogen (secondary N) is 1. The molecule has 0 radical (unpaired) electrons. The van der Waals surface area contributed by atoms with Gasteiger partial charge in [0.1, 0.15) is 4.90 Å². The van der Waals surface area contributed by atoms with Crippen molar-refractivity contribution in [3.8, 4) is 0 Å². The maximum absolute atomic E-state index is 12.4. The summed E-state index contributed by atoms with van der Waals surface area (Å²) in [4.78, 5) is 9.92. The van der Waals surface area contributed by atoms with Crippen LogP contribution in [-0.4, -0.2) is 49.5 Å². The molecule has 1 unspecified atom stereocenters. The van der Waals surface area contributed by atoms with Crippen molar-refractivity contribution in [3.63, 3.8) is 0 Å². The van der Waals surface area contributed by atoms with Crippen molar-refractivity contribution in [2.24, 2.45) is 0 Å². The van der Waals surface area contributed by atoms with Gasteiger partial charge in [0.25, 0.3) is 5.69 Å². The zero-order chi connectivity index (χ0) is 15.5. The van der Waals surface area contributed by atoms with E-state index in [0.29, 0.717) is 0 Å². The molecule has 0 aliphatic carbocycles. The van der Waals surface area contributed by atoms with Crippen LogP contribution in [0.3, 0.4) is 0 Å². The highest BCUT2D eigenvalue weighted by atomic mass is 32.2. The van der Waals surface area contributed by atoms with Crippen LogP contribution in [0.1, 0.15) is 6.92 Å². The summed E-state index contributed by atoms with van der Waals surface area (Å²) in [5.41, 5.74) is -0.0554. The first-order chi connectivity index (χ1) is 9.25. The van der Waals surface area contributed by atoms with Gasteiger partial charge in [-0.3, -0.25) is 10.1 Å². The fourth-order valence-electron chi connectivity index (χ4n) is 1.55. The van der Waals surface area contributed by atoms with Crippen molar-refractivity contribution < 1.29 is 18.4 Å². The molecule has 20 heavy (non-hydrogen) atoms. The highest BCUT2D eigenvalue weighted by Gasteiger charge is 2.29. The first kappa shape index (κ1) is 16.3. The first-order valence-electron chi connectivity index (χ1n) is 5.80. The van der Waals surface area contributed by atoms with Crippen LogP contribution < -0.4 is 5.32 Å². The molecule has 1 rings (SSSR count). The van der Waals surface area contributed by atoms with E-state index in [1.807, 2.05) is 0 Å². The number of sulfonamides is 1. The van der Waals surface area contributed by atoms with Crippen molar-refractivity contribution in [1.82, 2.24) is 4.31 Å². The van der Waals surface area contributed by atoms with Gasteiger partial charge in [-0.05, 0) is 13.0 Å². The molecule has 0 aromatic heterocycles. The largest absolute Gasteiger partial charge is 0.395 e. The van der Waals surface area contributed by atoms with Gasteiger partial charge in [-0.25, -0.2) is 8.42 Å². The number of hydrogen-bond donors (Lipinski definition) is 2. The van der Waals surface area contributed by atoms with Crippen molar-refractivity contribution in [1.29, 1.82) is 0 Å². The number of likely N-dealkylation sites (N-methyl/N-ethyl adjacent to an activating group) is 1. The lowest BCUT2D eigenvalue weighted by Gasteiger charge is -2.23. The summed E-state index contributed by atoms with van der Waals surface area (Å²) in [6.07, 6.45) is 0. The highest BCUT2D eigenvalue weighted by Crippen LogP contribution is 2.28. The highest BCUT2D eigenvalue weighted by molar-refractivity contribution is 7.89. The van der Waals surface area contributed by atoms with Gasteiger partial charge in [0, 0.05) is 32.3 Å². The zero-order valence-corrected chi connectivity index (χ0v) is 12.2. The maximum atomic E-state index is 12.4. The van der Waals surface area contributed by atoms with Crippen LogP contribution in [0.4, 0.5) is 11.4 Å². The van der Waals surface area contributed by atoms with Gasteiger partial charge >= 0.3 is 0 Å². The minimum Gasteiger partial charge on any atom is -0.395 e. The van der Waals surface area contributed by atoms with Crippen LogP contribution in [-0.2, 0) is 10.0 Å². The molecule has 0 spiro atoms. The lowest BCUT2D eigenvalue weighted by Crippen LogP contribution is -2.37. The van der Waals surface area contributed by atoms with Crippen molar-refractivity contribution in [2.45, 2.75) is 17.9 Å². The molecule has 0 saturated heterocycles. The molecule has 8 nitrogen and oxygen atoms in total. The Balaban J connectivity index is 3.42.